The molecule has 0 radical (unpaired) electrons. The standard InChI is InChI=1S/C19H16FN5/c1-12(2)13-6-14(9-21-8-13)16-7-17-15(10-22-16)11-25(24-17)19-5-3-4-18(20)23-19/h3-12H,1-2H3. The highest BCUT2D eigenvalue weighted by Crippen LogP contribution is 2.24. The van der Waals surface area contributed by atoms with Gasteiger partial charge in [0.2, 0.25) is 5.95 Å². The zero-order valence-electron chi connectivity index (χ0n) is 13.9. The molecule has 25 heavy (non-hydrogen) atoms. The summed E-state index contributed by atoms with van der Waals surface area (Å²) < 4.78 is 14.9. The molecule has 4 rings (SSSR count). The van der Waals surface area contributed by atoms with Crippen LogP contribution in [0.15, 0.2) is 55.1 Å². The number of hydrogen-bond donors (Lipinski definition) is 0. The van der Waals surface area contributed by atoms with E-state index in [0.29, 0.717) is 11.7 Å². The van der Waals surface area contributed by atoms with Crippen molar-refractivity contribution in [2.75, 3.05) is 0 Å². The van der Waals surface area contributed by atoms with Crippen LogP contribution in [0, 0.1) is 5.95 Å². The zero-order chi connectivity index (χ0) is 17.4. The Morgan fingerprint density at radius 1 is 1.08 bits per heavy atom. The lowest BCUT2D eigenvalue weighted by Crippen LogP contribution is -1.98. The summed E-state index contributed by atoms with van der Waals surface area (Å²) >= 11 is 0. The molecule has 0 spiro atoms. The summed E-state index contributed by atoms with van der Waals surface area (Å²) in [5.41, 5.74) is 3.69. The van der Waals surface area contributed by atoms with Gasteiger partial charge in [-0.3, -0.25) is 9.97 Å². The van der Waals surface area contributed by atoms with Crippen LogP contribution in [0.5, 0.6) is 0 Å². The van der Waals surface area contributed by atoms with Gasteiger partial charge in [-0.15, -0.1) is 0 Å². The van der Waals surface area contributed by atoms with Gasteiger partial charge in [0, 0.05) is 35.7 Å². The van der Waals surface area contributed by atoms with Crippen LogP contribution in [0.3, 0.4) is 0 Å². The maximum absolute atomic E-state index is 13.3. The van der Waals surface area contributed by atoms with Crippen molar-refractivity contribution in [2.24, 2.45) is 0 Å². The summed E-state index contributed by atoms with van der Waals surface area (Å²) in [7, 11) is 0. The summed E-state index contributed by atoms with van der Waals surface area (Å²) in [6.07, 6.45) is 7.22. The molecule has 0 amide bonds. The fourth-order valence-corrected chi connectivity index (χ4v) is 2.63. The summed E-state index contributed by atoms with van der Waals surface area (Å²) in [4.78, 5) is 12.7. The molecule has 0 saturated heterocycles. The number of nitrogens with zero attached hydrogens (tertiary/aromatic N) is 5. The van der Waals surface area contributed by atoms with E-state index in [0.717, 1.165) is 27.7 Å². The summed E-state index contributed by atoms with van der Waals surface area (Å²) in [5.74, 6) is 0.295. The molecule has 0 aliphatic carbocycles. The van der Waals surface area contributed by atoms with Gasteiger partial charge in [0.15, 0.2) is 5.82 Å². The van der Waals surface area contributed by atoms with Crippen molar-refractivity contribution in [1.82, 2.24) is 24.7 Å². The van der Waals surface area contributed by atoms with Crippen molar-refractivity contribution >= 4 is 10.9 Å². The fourth-order valence-electron chi connectivity index (χ4n) is 2.63. The van der Waals surface area contributed by atoms with Crippen LogP contribution < -0.4 is 0 Å². The minimum atomic E-state index is -0.535. The minimum absolute atomic E-state index is 0.398. The molecule has 0 atom stereocenters. The SMILES string of the molecule is CC(C)c1cncc(-c2cc3nn(-c4cccc(F)n4)cc3cn2)c1. The smallest absolute Gasteiger partial charge is 0.214 e. The van der Waals surface area contributed by atoms with Crippen LogP contribution in [0.2, 0.25) is 0 Å². The molecule has 4 aromatic rings. The highest BCUT2D eigenvalue weighted by atomic mass is 19.1. The van der Waals surface area contributed by atoms with Crippen LogP contribution in [0.1, 0.15) is 25.3 Å². The first-order valence-corrected chi connectivity index (χ1v) is 8.04. The van der Waals surface area contributed by atoms with E-state index in [-0.39, 0.29) is 0 Å². The monoisotopic (exact) mass is 333 g/mol. The maximum atomic E-state index is 13.3. The third-order valence-electron chi connectivity index (χ3n) is 4.05. The second-order valence-electron chi connectivity index (χ2n) is 6.18. The van der Waals surface area contributed by atoms with Crippen molar-refractivity contribution < 1.29 is 4.39 Å². The Morgan fingerprint density at radius 2 is 1.96 bits per heavy atom. The predicted octanol–water partition coefficient (Wildman–Crippen LogP) is 4.14. The third-order valence-corrected chi connectivity index (χ3v) is 4.05. The highest BCUT2D eigenvalue weighted by molar-refractivity contribution is 5.81. The van der Waals surface area contributed by atoms with Crippen LogP contribution >= 0.6 is 0 Å². The van der Waals surface area contributed by atoms with E-state index >= 15 is 0 Å². The predicted molar refractivity (Wildman–Crippen MR) is 93.9 cm³/mol. The van der Waals surface area contributed by atoms with E-state index in [1.54, 1.807) is 35.4 Å². The molecular weight excluding hydrogens is 317 g/mol. The molecule has 0 aromatic carbocycles. The lowest BCUT2D eigenvalue weighted by Gasteiger charge is -2.06. The Morgan fingerprint density at radius 3 is 2.76 bits per heavy atom. The Kier molecular flexibility index (Phi) is 3.72. The van der Waals surface area contributed by atoms with Crippen LogP contribution in [0.4, 0.5) is 4.39 Å². The maximum Gasteiger partial charge on any atom is 0.214 e. The Labute approximate surface area is 144 Å². The molecule has 0 aliphatic heterocycles. The molecular formula is C19H16FN5. The van der Waals surface area contributed by atoms with E-state index in [1.807, 2.05) is 12.3 Å². The average Bonchev–Trinajstić information content (AvgIpc) is 3.05. The molecule has 4 heterocycles. The molecule has 0 aliphatic rings. The summed E-state index contributed by atoms with van der Waals surface area (Å²) in [6.45, 7) is 4.26. The molecule has 6 heteroatoms. The molecule has 0 fully saturated rings. The third kappa shape index (κ3) is 2.98. The second-order valence-corrected chi connectivity index (χ2v) is 6.18. The van der Waals surface area contributed by atoms with Gasteiger partial charge in [-0.1, -0.05) is 19.9 Å². The summed E-state index contributed by atoms with van der Waals surface area (Å²) in [5, 5.41) is 5.36. The summed E-state index contributed by atoms with van der Waals surface area (Å²) in [6, 6.07) is 8.63. The Bertz CT molecular complexity index is 1050. The van der Waals surface area contributed by atoms with Gasteiger partial charge >= 0.3 is 0 Å². The van der Waals surface area contributed by atoms with Crippen molar-refractivity contribution in [3.8, 4) is 17.1 Å². The van der Waals surface area contributed by atoms with Gasteiger partial charge in [0.05, 0.1) is 11.2 Å². The normalized spacial score (nSPS) is 11.4. The number of rotatable bonds is 3. The van der Waals surface area contributed by atoms with Gasteiger partial charge in [-0.05, 0) is 35.7 Å². The van der Waals surface area contributed by atoms with Crippen molar-refractivity contribution in [1.29, 1.82) is 0 Å². The largest absolute Gasteiger partial charge is 0.264 e. The first-order chi connectivity index (χ1) is 12.1. The van der Waals surface area contributed by atoms with Crippen LogP contribution in [0.25, 0.3) is 28.0 Å². The van der Waals surface area contributed by atoms with Gasteiger partial charge in [0.1, 0.15) is 0 Å². The molecule has 0 unspecified atom stereocenters. The topological polar surface area (TPSA) is 56.5 Å². The second kappa shape index (κ2) is 6.05. The van der Waals surface area contributed by atoms with E-state index in [9.17, 15) is 4.39 Å². The Hall–Kier alpha value is -3.15. The fraction of sp³-hybridized carbons (Fsp3) is 0.158. The van der Waals surface area contributed by atoms with E-state index in [2.05, 4.69) is 40.0 Å². The lowest BCUT2D eigenvalue weighted by molar-refractivity contribution is 0.578. The quantitative estimate of drug-likeness (QED) is 0.529. The van der Waals surface area contributed by atoms with Gasteiger partial charge in [-0.25, -0.2) is 9.67 Å². The zero-order valence-corrected chi connectivity index (χ0v) is 13.9. The highest BCUT2D eigenvalue weighted by Gasteiger charge is 2.09. The molecule has 0 saturated carbocycles. The van der Waals surface area contributed by atoms with Gasteiger partial charge in [0.25, 0.3) is 0 Å². The van der Waals surface area contributed by atoms with Crippen LogP contribution in [-0.4, -0.2) is 24.7 Å². The molecule has 5 nitrogen and oxygen atoms in total. The van der Waals surface area contributed by atoms with Gasteiger partial charge < -0.3 is 0 Å². The van der Waals surface area contributed by atoms with Crippen molar-refractivity contribution in [2.45, 2.75) is 19.8 Å². The first kappa shape index (κ1) is 15.4. The number of hydrogen-bond acceptors (Lipinski definition) is 4. The van der Waals surface area contributed by atoms with Gasteiger partial charge in [-0.2, -0.15) is 9.49 Å². The van der Waals surface area contributed by atoms with E-state index in [1.165, 1.54) is 6.07 Å². The van der Waals surface area contributed by atoms with E-state index in [4.69, 9.17) is 0 Å². The molecule has 4 aromatic heterocycles. The molecule has 124 valence electrons. The number of aromatic nitrogens is 5. The number of halogens is 1. The lowest BCUT2D eigenvalue weighted by atomic mass is 10.0. The molecule has 0 bridgehead atoms. The first-order valence-electron chi connectivity index (χ1n) is 8.04. The Balaban J connectivity index is 1.77. The average molecular weight is 333 g/mol. The van der Waals surface area contributed by atoms with E-state index < -0.39 is 5.95 Å². The van der Waals surface area contributed by atoms with Crippen molar-refractivity contribution in [3.63, 3.8) is 0 Å². The minimum Gasteiger partial charge on any atom is -0.264 e. The molecule has 0 N–H and O–H groups in total. The van der Waals surface area contributed by atoms with Crippen molar-refractivity contribution in [3.05, 3.63) is 66.6 Å². The van der Waals surface area contributed by atoms with Crippen LogP contribution in [-0.2, 0) is 0 Å². The number of pyridine rings is 3. The number of fused-ring (bicyclic) bond motifs is 1.